The van der Waals surface area contributed by atoms with Gasteiger partial charge in [0.1, 0.15) is 23.3 Å². The van der Waals surface area contributed by atoms with Gasteiger partial charge in [-0.25, -0.2) is 17.6 Å². The van der Waals surface area contributed by atoms with E-state index in [9.17, 15) is 32.3 Å². The number of nitrogens with one attached hydrogen (secondary N) is 1. The fraction of sp³-hybridized carbons (Fsp3) is 0.200. The average molecular weight is 633 g/mol. The predicted octanol–water partition coefficient (Wildman–Crippen LogP) is 5.58. The van der Waals surface area contributed by atoms with E-state index in [2.05, 4.69) is 5.32 Å². The van der Waals surface area contributed by atoms with Crippen LogP contribution in [0.1, 0.15) is 40.4 Å². The van der Waals surface area contributed by atoms with Crippen LogP contribution in [0, 0.1) is 26.8 Å². The molecule has 1 atom stereocenters. The van der Waals surface area contributed by atoms with Crippen LogP contribution in [0.5, 0.6) is 0 Å². The second-order valence-corrected chi connectivity index (χ2v) is 9.76. The molecular formula is C25H18ClF4IN2O3. The first-order chi connectivity index (χ1) is 17.0. The number of fused-ring (bicyclic) bond motifs is 1. The van der Waals surface area contributed by atoms with Crippen LogP contribution >= 0.6 is 34.2 Å². The molecule has 36 heavy (non-hydrogen) atoms. The molecule has 4 rings (SSSR count). The smallest absolute Gasteiger partial charge is 0.264 e. The molecule has 2 amide bonds. The molecule has 11 heteroatoms. The molecular weight excluding hydrogens is 615 g/mol. The number of halogens is 6. The number of nitrogens with zero attached hydrogens (tertiary/aromatic N) is 1. The van der Waals surface area contributed by atoms with Gasteiger partial charge in [0.2, 0.25) is 0 Å². The molecule has 1 unspecified atom stereocenters. The summed E-state index contributed by atoms with van der Waals surface area (Å²) in [5.41, 5.74) is -1.93. The number of rotatable bonds is 6. The van der Waals surface area contributed by atoms with Crippen molar-refractivity contribution >= 4 is 51.7 Å². The zero-order valence-corrected chi connectivity index (χ0v) is 21.6. The number of benzene rings is 3. The minimum atomic E-state index is -1.90. The lowest BCUT2D eigenvalue weighted by atomic mass is 9.92. The summed E-state index contributed by atoms with van der Waals surface area (Å²) < 4.78 is 55.9. The Hall–Kier alpha value is -2.70. The van der Waals surface area contributed by atoms with Crippen molar-refractivity contribution in [1.29, 1.82) is 0 Å². The lowest BCUT2D eigenvalue weighted by Crippen LogP contribution is -2.39. The van der Waals surface area contributed by atoms with Crippen molar-refractivity contribution in [2.75, 3.05) is 4.90 Å². The first kappa shape index (κ1) is 26.4. The van der Waals surface area contributed by atoms with E-state index >= 15 is 0 Å². The van der Waals surface area contributed by atoms with E-state index in [0.29, 0.717) is 15.7 Å². The van der Waals surface area contributed by atoms with Crippen molar-refractivity contribution < 1.29 is 32.3 Å². The Balaban J connectivity index is 1.71. The van der Waals surface area contributed by atoms with Crippen LogP contribution < -0.4 is 10.2 Å². The van der Waals surface area contributed by atoms with Crippen molar-refractivity contribution in [3.05, 3.63) is 96.6 Å². The molecule has 0 bridgehead atoms. The van der Waals surface area contributed by atoms with Crippen molar-refractivity contribution in [3.8, 4) is 0 Å². The van der Waals surface area contributed by atoms with E-state index in [4.69, 9.17) is 11.6 Å². The van der Waals surface area contributed by atoms with E-state index in [1.807, 2.05) is 22.6 Å². The predicted molar refractivity (Wildman–Crippen MR) is 133 cm³/mol. The van der Waals surface area contributed by atoms with E-state index in [1.54, 1.807) is 6.92 Å². The summed E-state index contributed by atoms with van der Waals surface area (Å²) in [6.45, 7) is 0.757. The first-order valence-corrected chi connectivity index (χ1v) is 12.2. The van der Waals surface area contributed by atoms with Gasteiger partial charge in [-0.2, -0.15) is 0 Å². The summed E-state index contributed by atoms with van der Waals surface area (Å²) >= 11 is 8.02. The highest BCUT2D eigenvalue weighted by atomic mass is 127. The highest BCUT2D eigenvalue weighted by molar-refractivity contribution is 14.1. The standard InChI is InChI=1S/C25H18ClF4IN2O3/c1-2-25(36)22-20(31)6-12(23(34)32-10-14-18(29)8-13(27)9-19(14)30)7-21(22)33(24(25)35)11-15-16(26)4-3-5-17(15)28/h3-9,36H,2,10-11H2,1H3,(H,32,34). The summed E-state index contributed by atoms with van der Waals surface area (Å²) in [7, 11) is 0. The minimum Gasteiger partial charge on any atom is -0.375 e. The van der Waals surface area contributed by atoms with Gasteiger partial charge in [-0.05, 0) is 53.3 Å². The monoisotopic (exact) mass is 632 g/mol. The van der Waals surface area contributed by atoms with Gasteiger partial charge in [0.25, 0.3) is 11.8 Å². The Morgan fingerprint density at radius 3 is 2.36 bits per heavy atom. The van der Waals surface area contributed by atoms with Crippen LogP contribution in [0.3, 0.4) is 0 Å². The number of hydrogen-bond acceptors (Lipinski definition) is 3. The SMILES string of the molecule is CCC1(O)C(=O)N(Cc2c(F)cccc2Cl)c2cc(C(=O)NCc3c(F)cc(F)cc3F)cc(I)c21. The van der Waals surface area contributed by atoms with Crippen LogP contribution in [0.4, 0.5) is 23.2 Å². The average Bonchev–Trinajstić information content (AvgIpc) is 3.02. The van der Waals surface area contributed by atoms with Gasteiger partial charge >= 0.3 is 0 Å². The maximum atomic E-state index is 14.5. The summed E-state index contributed by atoms with van der Waals surface area (Å²) in [5.74, 6) is -5.47. The Morgan fingerprint density at radius 1 is 1.08 bits per heavy atom. The van der Waals surface area contributed by atoms with Gasteiger partial charge in [0.15, 0.2) is 5.60 Å². The Labute approximate surface area is 222 Å². The van der Waals surface area contributed by atoms with Crippen LogP contribution in [0.2, 0.25) is 5.02 Å². The Bertz CT molecular complexity index is 1360. The second kappa shape index (κ2) is 9.98. The summed E-state index contributed by atoms with van der Waals surface area (Å²) in [4.78, 5) is 27.3. The third kappa shape index (κ3) is 4.57. The Kier molecular flexibility index (Phi) is 7.31. The van der Waals surface area contributed by atoms with Crippen LogP contribution in [0.25, 0.3) is 0 Å². The van der Waals surface area contributed by atoms with Crippen LogP contribution in [-0.4, -0.2) is 16.9 Å². The fourth-order valence-corrected chi connectivity index (χ4v) is 5.40. The third-order valence-electron chi connectivity index (χ3n) is 6.06. The lowest BCUT2D eigenvalue weighted by Gasteiger charge is -2.22. The van der Waals surface area contributed by atoms with Crippen molar-refractivity contribution in [1.82, 2.24) is 5.32 Å². The fourth-order valence-electron chi connectivity index (χ4n) is 4.12. The van der Waals surface area contributed by atoms with E-state index in [-0.39, 0.29) is 40.4 Å². The largest absolute Gasteiger partial charge is 0.375 e. The molecule has 0 saturated carbocycles. The maximum absolute atomic E-state index is 14.5. The molecule has 3 aromatic rings. The first-order valence-electron chi connectivity index (χ1n) is 10.7. The van der Waals surface area contributed by atoms with E-state index in [1.165, 1.54) is 30.3 Å². The van der Waals surface area contributed by atoms with Crippen LogP contribution in [0.15, 0.2) is 42.5 Å². The summed E-state index contributed by atoms with van der Waals surface area (Å²) in [5, 5.41) is 13.7. The molecule has 1 heterocycles. The number of anilines is 1. The number of amides is 2. The molecule has 188 valence electrons. The van der Waals surface area contributed by atoms with Crippen molar-refractivity contribution in [2.45, 2.75) is 32.0 Å². The number of carbonyl (C=O) groups excluding carboxylic acids is 2. The molecule has 2 N–H and O–H groups in total. The van der Waals surface area contributed by atoms with Crippen LogP contribution in [-0.2, 0) is 23.5 Å². The molecule has 0 saturated heterocycles. The third-order valence-corrected chi connectivity index (χ3v) is 7.26. The van der Waals surface area contributed by atoms with Gasteiger partial charge in [-0.15, -0.1) is 0 Å². The van der Waals surface area contributed by atoms with Crippen molar-refractivity contribution in [3.63, 3.8) is 0 Å². The highest BCUT2D eigenvalue weighted by Crippen LogP contribution is 2.46. The molecule has 0 radical (unpaired) electrons. The van der Waals surface area contributed by atoms with E-state index < -0.39 is 52.8 Å². The van der Waals surface area contributed by atoms with Crippen molar-refractivity contribution in [2.24, 2.45) is 0 Å². The molecule has 0 aliphatic carbocycles. The summed E-state index contributed by atoms with van der Waals surface area (Å²) in [6, 6.07) is 7.84. The highest BCUT2D eigenvalue weighted by Gasteiger charge is 2.50. The molecule has 0 aromatic heterocycles. The Morgan fingerprint density at radius 2 is 1.75 bits per heavy atom. The number of carbonyl (C=O) groups is 2. The zero-order chi connectivity index (χ0) is 26.4. The van der Waals surface area contributed by atoms with Gasteiger partial charge in [-0.3, -0.25) is 9.59 Å². The maximum Gasteiger partial charge on any atom is 0.264 e. The number of hydrogen-bond donors (Lipinski definition) is 2. The molecule has 3 aromatic carbocycles. The minimum absolute atomic E-state index is 0.0189. The van der Waals surface area contributed by atoms with Gasteiger partial charge in [0, 0.05) is 49.5 Å². The number of aliphatic hydroxyl groups is 1. The zero-order valence-electron chi connectivity index (χ0n) is 18.6. The topological polar surface area (TPSA) is 69.6 Å². The molecule has 0 spiro atoms. The second-order valence-electron chi connectivity index (χ2n) is 8.19. The lowest BCUT2D eigenvalue weighted by molar-refractivity contribution is -0.136. The molecule has 1 aliphatic heterocycles. The van der Waals surface area contributed by atoms with E-state index in [0.717, 1.165) is 4.90 Å². The van der Waals surface area contributed by atoms with Gasteiger partial charge in [0.05, 0.1) is 12.2 Å². The van der Waals surface area contributed by atoms with Gasteiger partial charge in [-0.1, -0.05) is 24.6 Å². The summed E-state index contributed by atoms with van der Waals surface area (Å²) in [6.07, 6.45) is 0.0189. The molecule has 1 aliphatic rings. The normalized spacial score (nSPS) is 16.9. The quantitative estimate of drug-likeness (QED) is 0.276. The molecule has 0 fully saturated rings. The molecule has 5 nitrogen and oxygen atoms in total. The van der Waals surface area contributed by atoms with Gasteiger partial charge < -0.3 is 15.3 Å².